The molecule has 1 rings (SSSR count). The monoisotopic (exact) mass is 263 g/mol. The standard InChI is InChI=1S/C11H25N3O2S/c1-11(14-7-3-2-4-8-14)10-13-17(15,16)9-5-6-12/h11,13H,2-10,12H2,1H3. The molecule has 5 nitrogen and oxygen atoms in total. The minimum Gasteiger partial charge on any atom is -0.330 e. The number of nitrogens with one attached hydrogen (secondary N) is 1. The fraction of sp³-hybridized carbons (Fsp3) is 1.00. The van der Waals surface area contributed by atoms with Gasteiger partial charge in [-0.05, 0) is 45.8 Å². The van der Waals surface area contributed by atoms with Crippen molar-refractivity contribution in [2.75, 3.05) is 31.9 Å². The Labute approximate surface area is 105 Å². The first-order valence-electron chi connectivity index (χ1n) is 6.46. The van der Waals surface area contributed by atoms with E-state index in [0.717, 1.165) is 13.1 Å². The van der Waals surface area contributed by atoms with Crippen LogP contribution in [0.3, 0.4) is 0 Å². The molecule has 0 radical (unpaired) electrons. The predicted octanol–water partition coefficient (Wildman–Crippen LogP) is 0.129. The lowest BCUT2D eigenvalue weighted by atomic mass is 10.1. The number of sulfonamides is 1. The highest BCUT2D eigenvalue weighted by Crippen LogP contribution is 2.11. The van der Waals surface area contributed by atoms with Gasteiger partial charge in [-0.25, -0.2) is 13.1 Å². The van der Waals surface area contributed by atoms with Crippen LogP contribution in [0.5, 0.6) is 0 Å². The molecule has 0 spiro atoms. The molecule has 0 aromatic carbocycles. The summed E-state index contributed by atoms with van der Waals surface area (Å²) >= 11 is 0. The van der Waals surface area contributed by atoms with Crippen molar-refractivity contribution in [1.82, 2.24) is 9.62 Å². The van der Waals surface area contributed by atoms with Gasteiger partial charge in [0.15, 0.2) is 0 Å². The van der Waals surface area contributed by atoms with Gasteiger partial charge < -0.3 is 5.73 Å². The fourth-order valence-corrected chi connectivity index (χ4v) is 3.27. The molecular formula is C11H25N3O2S. The Morgan fingerprint density at radius 2 is 1.94 bits per heavy atom. The molecular weight excluding hydrogens is 238 g/mol. The first kappa shape index (κ1) is 14.9. The molecule has 1 saturated heterocycles. The first-order chi connectivity index (χ1) is 8.05. The van der Waals surface area contributed by atoms with Crippen molar-refractivity contribution in [3.8, 4) is 0 Å². The van der Waals surface area contributed by atoms with Crippen LogP contribution in [0.4, 0.5) is 0 Å². The van der Waals surface area contributed by atoms with Crippen LogP contribution in [-0.4, -0.2) is 51.3 Å². The van der Waals surface area contributed by atoms with E-state index in [4.69, 9.17) is 5.73 Å². The molecule has 1 fully saturated rings. The normalized spacial score (nSPS) is 20.4. The SMILES string of the molecule is CC(CNS(=O)(=O)CCCN)N1CCCCC1. The number of hydrogen-bond acceptors (Lipinski definition) is 4. The smallest absolute Gasteiger partial charge is 0.211 e. The molecule has 0 aliphatic carbocycles. The van der Waals surface area contributed by atoms with Crippen LogP contribution in [0.15, 0.2) is 0 Å². The van der Waals surface area contributed by atoms with Gasteiger partial charge in [0.1, 0.15) is 0 Å². The van der Waals surface area contributed by atoms with Gasteiger partial charge in [-0.3, -0.25) is 4.90 Å². The topological polar surface area (TPSA) is 75.4 Å². The second-order valence-corrected chi connectivity index (χ2v) is 6.68. The van der Waals surface area contributed by atoms with Crippen LogP contribution >= 0.6 is 0 Å². The summed E-state index contributed by atoms with van der Waals surface area (Å²) in [5.74, 6) is 0.135. The molecule has 1 unspecified atom stereocenters. The molecule has 1 aliphatic heterocycles. The van der Waals surface area contributed by atoms with E-state index in [1.807, 2.05) is 0 Å². The van der Waals surface area contributed by atoms with Crippen LogP contribution in [0, 0.1) is 0 Å². The highest BCUT2D eigenvalue weighted by molar-refractivity contribution is 7.89. The lowest BCUT2D eigenvalue weighted by Crippen LogP contribution is -2.44. The molecule has 0 amide bonds. The molecule has 0 saturated carbocycles. The highest BCUT2D eigenvalue weighted by Gasteiger charge is 2.18. The van der Waals surface area contributed by atoms with E-state index >= 15 is 0 Å². The molecule has 102 valence electrons. The summed E-state index contributed by atoms with van der Waals surface area (Å²) in [5.41, 5.74) is 5.31. The number of nitrogens with zero attached hydrogens (tertiary/aromatic N) is 1. The maximum atomic E-state index is 11.6. The van der Waals surface area contributed by atoms with Gasteiger partial charge in [-0.15, -0.1) is 0 Å². The molecule has 0 aromatic rings. The summed E-state index contributed by atoms with van der Waals surface area (Å²) in [6, 6.07) is 0.281. The van der Waals surface area contributed by atoms with Gasteiger partial charge in [0.2, 0.25) is 10.0 Å². The van der Waals surface area contributed by atoms with Gasteiger partial charge in [0, 0.05) is 12.6 Å². The minimum atomic E-state index is -3.13. The molecule has 3 N–H and O–H groups in total. The Hall–Kier alpha value is -0.170. The van der Waals surface area contributed by atoms with Crippen molar-refractivity contribution in [3.63, 3.8) is 0 Å². The lowest BCUT2D eigenvalue weighted by Gasteiger charge is -2.32. The van der Waals surface area contributed by atoms with Crippen LogP contribution in [-0.2, 0) is 10.0 Å². The third-order valence-electron chi connectivity index (χ3n) is 3.23. The number of hydrogen-bond donors (Lipinski definition) is 2. The van der Waals surface area contributed by atoms with Crippen LogP contribution in [0.1, 0.15) is 32.6 Å². The summed E-state index contributed by atoms with van der Waals surface area (Å²) in [6.07, 6.45) is 4.27. The van der Waals surface area contributed by atoms with Crippen molar-refractivity contribution >= 4 is 10.0 Å². The van der Waals surface area contributed by atoms with Crippen molar-refractivity contribution in [2.45, 2.75) is 38.6 Å². The maximum absolute atomic E-state index is 11.6. The van der Waals surface area contributed by atoms with Crippen molar-refractivity contribution < 1.29 is 8.42 Å². The second-order valence-electron chi connectivity index (χ2n) is 4.76. The largest absolute Gasteiger partial charge is 0.330 e. The van der Waals surface area contributed by atoms with Crippen LogP contribution < -0.4 is 10.5 Å². The van der Waals surface area contributed by atoms with E-state index in [1.165, 1.54) is 19.3 Å². The third-order valence-corrected chi connectivity index (χ3v) is 4.66. The molecule has 0 aromatic heterocycles. The van der Waals surface area contributed by atoms with Gasteiger partial charge in [0.25, 0.3) is 0 Å². The predicted molar refractivity (Wildman–Crippen MR) is 70.3 cm³/mol. The molecule has 1 heterocycles. The number of rotatable bonds is 7. The van der Waals surface area contributed by atoms with Gasteiger partial charge >= 0.3 is 0 Å². The molecule has 0 bridgehead atoms. The average molecular weight is 263 g/mol. The zero-order valence-electron chi connectivity index (χ0n) is 10.7. The first-order valence-corrected chi connectivity index (χ1v) is 8.12. The number of piperidine rings is 1. The summed E-state index contributed by atoms with van der Waals surface area (Å²) in [6.45, 7) is 5.18. The van der Waals surface area contributed by atoms with E-state index in [1.54, 1.807) is 0 Å². The fourth-order valence-electron chi connectivity index (χ4n) is 2.08. The van der Waals surface area contributed by atoms with Crippen molar-refractivity contribution in [1.29, 1.82) is 0 Å². The van der Waals surface area contributed by atoms with E-state index in [0.29, 0.717) is 19.5 Å². The van der Waals surface area contributed by atoms with Crippen molar-refractivity contribution in [2.24, 2.45) is 5.73 Å². The number of nitrogens with two attached hydrogens (primary N) is 1. The van der Waals surface area contributed by atoms with E-state index < -0.39 is 10.0 Å². The number of likely N-dealkylation sites (tertiary alicyclic amines) is 1. The van der Waals surface area contributed by atoms with Gasteiger partial charge in [0.05, 0.1) is 5.75 Å². The Morgan fingerprint density at radius 1 is 1.29 bits per heavy atom. The minimum absolute atomic E-state index is 0.135. The zero-order chi connectivity index (χ0) is 12.7. The Kier molecular flexibility index (Phi) is 6.40. The maximum Gasteiger partial charge on any atom is 0.211 e. The van der Waals surface area contributed by atoms with Gasteiger partial charge in [-0.1, -0.05) is 6.42 Å². The van der Waals surface area contributed by atoms with E-state index in [9.17, 15) is 8.42 Å². The highest BCUT2D eigenvalue weighted by atomic mass is 32.2. The van der Waals surface area contributed by atoms with Crippen molar-refractivity contribution in [3.05, 3.63) is 0 Å². The second kappa shape index (κ2) is 7.31. The summed E-state index contributed by atoms with van der Waals surface area (Å²) in [5, 5.41) is 0. The lowest BCUT2D eigenvalue weighted by molar-refractivity contribution is 0.175. The molecule has 1 aliphatic rings. The zero-order valence-corrected chi connectivity index (χ0v) is 11.5. The molecule has 6 heteroatoms. The van der Waals surface area contributed by atoms with E-state index in [2.05, 4.69) is 16.5 Å². The van der Waals surface area contributed by atoms with E-state index in [-0.39, 0.29) is 11.8 Å². The Balaban J connectivity index is 2.28. The summed E-state index contributed by atoms with van der Waals surface area (Å²) in [4.78, 5) is 2.36. The molecule has 1 atom stereocenters. The van der Waals surface area contributed by atoms with Crippen LogP contribution in [0.2, 0.25) is 0 Å². The third kappa shape index (κ3) is 5.81. The average Bonchev–Trinajstić information content (AvgIpc) is 2.35. The summed E-state index contributed by atoms with van der Waals surface area (Å²) < 4.78 is 25.8. The molecule has 17 heavy (non-hydrogen) atoms. The Morgan fingerprint density at radius 3 is 2.53 bits per heavy atom. The van der Waals surface area contributed by atoms with Gasteiger partial charge in [-0.2, -0.15) is 0 Å². The van der Waals surface area contributed by atoms with Crippen LogP contribution in [0.25, 0.3) is 0 Å². The Bertz CT molecular complexity index is 300. The quantitative estimate of drug-likeness (QED) is 0.684. The summed E-state index contributed by atoms with van der Waals surface area (Å²) in [7, 11) is -3.13.